The van der Waals surface area contributed by atoms with Crippen LogP contribution in [0.2, 0.25) is 0 Å². The summed E-state index contributed by atoms with van der Waals surface area (Å²) in [5, 5.41) is 11.1. The van der Waals surface area contributed by atoms with Crippen LogP contribution in [0.5, 0.6) is 0 Å². The van der Waals surface area contributed by atoms with Crippen LogP contribution in [0.1, 0.15) is 20.3 Å². The lowest BCUT2D eigenvalue weighted by Gasteiger charge is -1.98. The fourth-order valence-corrected chi connectivity index (χ4v) is 0.247. The molecule has 0 aliphatic carbocycles. The fourth-order valence-electron chi connectivity index (χ4n) is 0.247. The molecule has 0 rings (SSSR count). The average Bonchev–Trinajstić information content (AvgIpc) is 2.02. The van der Waals surface area contributed by atoms with Crippen LogP contribution in [-0.2, 0) is 4.79 Å². The molecule has 0 saturated heterocycles. The molecule has 0 aromatic rings. The second-order valence-corrected chi connectivity index (χ2v) is 1.96. The number of aliphatic hydroxyl groups is 1. The summed E-state index contributed by atoms with van der Waals surface area (Å²) in [7, 11) is 1.60. The second kappa shape index (κ2) is 12.0. The molecule has 0 saturated carbocycles. The zero-order valence-electron chi connectivity index (χ0n) is 7.37. The van der Waals surface area contributed by atoms with Gasteiger partial charge in [0.1, 0.15) is 12.5 Å². The number of aldehydes is 1. The number of aliphatic hydroxyl groups excluding tert-OH is 1. The molecule has 3 heteroatoms. The van der Waals surface area contributed by atoms with Gasteiger partial charge in [0, 0.05) is 0 Å². The molecule has 0 bridgehead atoms. The lowest BCUT2D eigenvalue weighted by molar-refractivity contribution is -0.104. The summed E-state index contributed by atoms with van der Waals surface area (Å²) in [6.07, 6.45) is 3.74. The van der Waals surface area contributed by atoms with Gasteiger partial charge in [-0.05, 0) is 19.2 Å². The summed E-state index contributed by atoms with van der Waals surface area (Å²) < 4.78 is 0. The van der Waals surface area contributed by atoms with E-state index in [9.17, 15) is 4.79 Å². The highest BCUT2D eigenvalue weighted by Crippen LogP contribution is 1.74. The summed E-state index contributed by atoms with van der Waals surface area (Å²) in [4.78, 5) is 9.60. The van der Waals surface area contributed by atoms with E-state index in [0.717, 1.165) is 0 Å². The van der Waals surface area contributed by atoms with E-state index in [1.165, 1.54) is 18.6 Å². The Morgan fingerprint density at radius 2 is 2.00 bits per heavy atom. The van der Waals surface area contributed by atoms with E-state index >= 15 is 0 Å². The van der Waals surface area contributed by atoms with Crippen LogP contribution >= 0.6 is 0 Å². The van der Waals surface area contributed by atoms with Gasteiger partial charge in [-0.25, -0.2) is 0 Å². The summed E-state index contributed by atoms with van der Waals surface area (Å²) in [6.45, 7) is 4.25. The topological polar surface area (TPSA) is 49.3 Å². The SMILES string of the molecule is CCC.CNC(O)/C=C\C=O. The maximum atomic E-state index is 9.60. The lowest BCUT2D eigenvalue weighted by Crippen LogP contribution is -2.21. The van der Waals surface area contributed by atoms with E-state index < -0.39 is 6.23 Å². The first kappa shape index (κ1) is 13.0. The quantitative estimate of drug-likeness (QED) is 0.362. The molecule has 0 fully saturated rings. The van der Waals surface area contributed by atoms with Crippen LogP contribution in [0.3, 0.4) is 0 Å². The maximum Gasteiger partial charge on any atom is 0.142 e. The van der Waals surface area contributed by atoms with E-state index in [1.807, 2.05) is 0 Å². The molecular formula is C8H17NO2. The van der Waals surface area contributed by atoms with Crippen molar-refractivity contribution in [3.05, 3.63) is 12.2 Å². The summed E-state index contributed by atoms with van der Waals surface area (Å²) in [5.74, 6) is 0. The first-order valence-corrected chi connectivity index (χ1v) is 3.70. The van der Waals surface area contributed by atoms with Crippen LogP contribution < -0.4 is 5.32 Å². The monoisotopic (exact) mass is 159 g/mol. The number of hydrogen-bond donors (Lipinski definition) is 2. The molecule has 0 aliphatic rings. The first-order chi connectivity index (χ1) is 5.22. The molecule has 0 amide bonds. The van der Waals surface area contributed by atoms with Crippen LogP contribution in [0.4, 0.5) is 0 Å². The third-order valence-corrected chi connectivity index (χ3v) is 0.668. The molecule has 3 nitrogen and oxygen atoms in total. The number of carbonyl (C=O) groups is 1. The van der Waals surface area contributed by atoms with E-state index in [-0.39, 0.29) is 0 Å². The van der Waals surface area contributed by atoms with E-state index in [2.05, 4.69) is 19.2 Å². The van der Waals surface area contributed by atoms with Gasteiger partial charge in [0.15, 0.2) is 0 Å². The Kier molecular flexibility index (Phi) is 14.2. The van der Waals surface area contributed by atoms with Gasteiger partial charge in [-0.1, -0.05) is 20.3 Å². The highest BCUT2D eigenvalue weighted by molar-refractivity contribution is 5.64. The highest BCUT2D eigenvalue weighted by Gasteiger charge is 1.86. The smallest absolute Gasteiger partial charge is 0.142 e. The number of rotatable bonds is 3. The van der Waals surface area contributed by atoms with Gasteiger partial charge in [-0.15, -0.1) is 0 Å². The van der Waals surface area contributed by atoms with Gasteiger partial charge in [0.05, 0.1) is 0 Å². The third kappa shape index (κ3) is 17.6. The Morgan fingerprint density at radius 1 is 1.55 bits per heavy atom. The molecule has 1 atom stereocenters. The Balaban J connectivity index is 0. The van der Waals surface area contributed by atoms with Gasteiger partial charge in [-0.2, -0.15) is 0 Å². The summed E-state index contributed by atoms with van der Waals surface area (Å²) in [5.41, 5.74) is 0. The predicted octanol–water partition coefficient (Wildman–Crippen LogP) is 0.696. The molecule has 0 heterocycles. The van der Waals surface area contributed by atoms with Crippen molar-refractivity contribution in [1.82, 2.24) is 5.32 Å². The molecule has 0 aliphatic heterocycles. The lowest BCUT2D eigenvalue weighted by atomic mass is 10.5. The van der Waals surface area contributed by atoms with Crippen molar-refractivity contribution in [2.45, 2.75) is 26.5 Å². The first-order valence-electron chi connectivity index (χ1n) is 3.70. The molecule has 0 aromatic heterocycles. The van der Waals surface area contributed by atoms with Crippen molar-refractivity contribution in [3.63, 3.8) is 0 Å². The minimum atomic E-state index is -0.708. The van der Waals surface area contributed by atoms with Crippen molar-refractivity contribution < 1.29 is 9.90 Å². The van der Waals surface area contributed by atoms with Crippen LogP contribution in [0.15, 0.2) is 12.2 Å². The molecule has 11 heavy (non-hydrogen) atoms. The number of nitrogens with one attached hydrogen (secondary N) is 1. The predicted molar refractivity (Wildman–Crippen MR) is 46.2 cm³/mol. The summed E-state index contributed by atoms with van der Waals surface area (Å²) in [6, 6.07) is 0. The van der Waals surface area contributed by atoms with Gasteiger partial charge in [-0.3, -0.25) is 10.1 Å². The normalized spacial score (nSPS) is 12.0. The van der Waals surface area contributed by atoms with Gasteiger partial charge >= 0.3 is 0 Å². The standard InChI is InChI=1S/C5H9NO2.C3H8/c1-6-5(8)3-2-4-7;1-3-2/h2-6,8H,1H3;3H2,1-2H3/b3-2-;. The minimum Gasteiger partial charge on any atom is -0.375 e. The fraction of sp³-hybridized carbons (Fsp3) is 0.625. The van der Waals surface area contributed by atoms with E-state index in [1.54, 1.807) is 7.05 Å². The Hall–Kier alpha value is -0.670. The van der Waals surface area contributed by atoms with Gasteiger partial charge in [0.25, 0.3) is 0 Å². The van der Waals surface area contributed by atoms with E-state index in [4.69, 9.17) is 5.11 Å². The Labute approximate surface area is 68.1 Å². The van der Waals surface area contributed by atoms with Crippen molar-refractivity contribution in [2.75, 3.05) is 7.05 Å². The molecule has 0 radical (unpaired) electrons. The summed E-state index contributed by atoms with van der Waals surface area (Å²) >= 11 is 0. The molecule has 66 valence electrons. The van der Waals surface area contributed by atoms with Crippen molar-refractivity contribution in [3.8, 4) is 0 Å². The highest BCUT2D eigenvalue weighted by atomic mass is 16.3. The van der Waals surface area contributed by atoms with Crippen molar-refractivity contribution in [1.29, 1.82) is 0 Å². The molecule has 0 spiro atoms. The molecule has 1 unspecified atom stereocenters. The largest absolute Gasteiger partial charge is 0.375 e. The number of likely N-dealkylation sites (N-methyl/N-ethyl adjacent to an activating group) is 1. The van der Waals surface area contributed by atoms with E-state index in [0.29, 0.717) is 6.29 Å². The second-order valence-electron chi connectivity index (χ2n) is 1.96. The number of allylic oxidation sites excluding steroid dienone is 1. The Morgan fingerprint density at radius 3 is 2.27 bits per heavy atom. The molecular weight excluding hydrogens is 142 g/mol. The van der Waals surface area contributed by atoms with Gasteiger partial charge < -0.3 is 5.11 Å². The zero-order chi connectivity index (χ0) is 9.11. The van der Waals surface area contributed by atoms with Crippen molar-refractivity contribution >= 4 is 6.29 Å². The van der Waals surface area contributed by atoms with Crippen LogP contribution in [0, 0.1) is 0 Å². The Bertz CT molecular complexity index is 102. The minimum absolute atomic E-state index is 0.612. The van der Waals surface area contributed by atoms with Crippen molar-refractivity contribution in [2.24, 2.45) is 0 Å². The molecule has 2 N–H and O–H groups in total. The maximum absolute atomic E-state index is 9.60. The van der Waals surface area contributed by atoms with Crippen LogP contribution in [-0.4, -0.2) is 24.7 Å². The number of carbonyl (C=O) groups excluding carboxylic acids is 1. The third-order valence-electron chi connectivity index (χ3n) is 0.668. The zero-order valence-corrected chi connectivity index (χ0v) is 7.37. The molecule has 0 aromatic carbocycles. The average molecular weight is 159 g/mol. The van der Waals surface area contributed by atoms with Crippen LogP contribution in [0.25, 0.3) is 0 Å². The van der Waals surface area contributed by atoms with Gasteiger partial charge in [0.2, 0.25) is 0 Å². The number of hydrogen-bond acceptors (Lipinski definition) is 3.